The second kappa shape index (κ2) is 4.84. The van der Waals surface area contributed by atoms with E-state index in [-0.39, 0.29) is 11.7 Å². The number of ether oxygens (including phenoxy) is 1. The molecule has 0 unspecified atom stereocenters. The molecule has 2 rings (SSSR count). The van der Waals surface area contributed by atoms with Crippen LogP contribution in [-0.2, 0) is 0 Å². The SMILES string of the molecule is Cc1ccc(F)cc1Oc1nccc(C)c1C#N. The largest absolute Gasteiger partial charge is 0.437 e. The molecular formula is C14H11FN2O. The summed E-state index contributed by atoms with van der Waals surface area (Å²) in [6.07, 6.45) is 1.56. The molecule has 90 valence electrons. The van der Waals surface area contributed by atoms with Crippen LogP contribution in [0.5, 0.6) is 11.6 Å². The number of aromatic nitrogens is 1. The highest BCUT2D eigenvalue weighted by molar-refractivity contribution is 5.46. The van der Waals surface area contributed by atoms with Gasteiger partial charge in [-0.3, -0.25) is 0 Å². The highest BCUT2D eigenvalue weighted by Gasteiger charge is 2.10. The molecule has 0 aliphatic heterocycles. The fourth-order valence-electron chi connectivity index (χ4n) is 1.53. The predicted octanol–water partition coefficient (Wildman–Crippen LogP) is 3.50. The zero-order chi connectivity index (χ0) is 13.1. The number of aryl methyl sites for hydroxylation is 2. The first-order valence-electron chi connectivity index (χ1n) is 5.41. The van der Waals surface area contributed by atoms with Crippen molar-refractivity contribution >= 4 is 0 Å². The molecule has 0 saturated heterocycles. The van der Waals surface area contributed by atoms with E-state index in [9.17, 15) is 4.39 Å². The normalized spacial score (nSPS) is 9.89. The minimum atomic E-state index is -0.387. The summed E-state index contributed by atoms with van der Waals surface area (Å²) in [7, 11) is 0. The van der Waals surface area contributed by atoms with Crippen molar-refractivity contribution in [1.29, 1.82) is 5.26 Å². The third-order valence-electron chi connectivity index (χ3n) is 2.59. The lowest BCUT2D eigenvalue weighted by Gasteiger charge is -2.09. The van der Waals surface area contributed by atoms with Crippen molar-refractivity contribution in [2.75, 3.05) is 0 Å². The van der Waals surface area contributed by atoms with Gasteiger partial charge in [0, 0.05) is 12.3 Å². The lowest BCUT2D eigenvalue weighted by molar-refractivity contribution is 0.452. The van der Waals surface area contributed by atoms with Crippen LogP contribution in [0.15, 0.2) is 30.5 Å². The molecule has 0 atom stereocenters. The third-order valence-corrected chi connectivity index (χ3v) is 2.59. The van der Waals surface area contributed by atoms with Crippen LogP contribution in [0.25, 0.3) is 0 Å². The summed E-state index contributed by atoms with van der Waals surface area (Å²) in [4.78, 5) is 4.01. The van der Waals surface area contributed by atoms with Gasteiger partial charge in [-0.05, 0) is 37.1 Å². The summed E-state index contributed by atoms with van der Waals surface area (Å²) in [6, 6.07) is 8.02. The Bertz CT molecular complexity index is 632. The Morgan fingerprint density at radius 1 is 1.22 bits per heavy atom. The van der Waals surface area contributed by atoms with Gasteiger partial charge in [0.05, 0.1) is 0 Å². The van der Waals surface area contributed by atoms with Gasteiger partial charge in [-0.25, -0.2) is 9.37 Å². The molecule has 0 saturated carbocycles. The van der Waals surface area contributed by atoms with Crippen molar-refractivity contribution in [1.82, 2.24) is 4.98 Å². The Labute approximate surface area is 104 Å². The molecule has 4 heteroatoms. The maximum atomic E-state index is 13.1. The van der Waals surface area contributed by atoms with Gasteiger partial charge in [-0.15, -0.1) is 0 Å². The van der Waals surface area contributed by atoms with Crippen LogP contribution in [0.2, 0.25) is 0 Å². The van der Waals surface area contributed by atoms with Crippen LogP contribution in [0.1, 0.15) is 16.7 Å². The molecule has 0 fully saturated rings. The minimum Gasteiger partial charge on any atom is -0.437 e. The molecule has 0 N–H and O–H groups in total. The van der Waals surface area contributed by atoms with E-state index in [4.69, 9.17) is 10.00 Å². The van der Waals surface area contributed by atoms with E-state index in [1.165, 1.54) is 12.1 Å². The zero-order valence-electron chi connectivity index (χ0n) is 10.1. The molecule has 0 aliphatic carbocycles. The summed E-state index contributed by atoms with van der Waals surface area (Å²) in [5.41, 5.74) is 1.92. The zero-order valence-corrected chi connectivity index (χ0v) is 10.1. The van der Waals surface area contributed by atoms with Crippen LogP contribution in [-0.4, -0.2) is 4.98 Å². The Morgan fingerprint density at radius 3 is 2.72 bits per heavy atom. The molecule has 0 amide bonds. The smallest absolute Gasteiger partial charge is 0.237 e. The van der Waals surface area contributed by atoms with E-state index < -0.39 is 0 Å². The van der Waals surface area contributed by atoms with Crippen LogP contribution in [0.4, 0.5) is 4.39 Å². The van der Waals surface area contributed by atoms with Crippen LogP contribution in [0.3, 0.4) is 0 Å². The Morgan fingerprint density at radius 2 is 2.00 bits per heavy atom. The summed E-state index contributed by atoms with van der Waals surface area (Å²) in [6.45, 7) is 3.60. The van der Waals surface area contributed by atoms with Gasteiger partial charge in [0.1, 0.15) is 23.2 Å². The van der Waals surface area contributed by atoms with Gasteiger partial charge in [0.2, 0.25) is 5.88 Å². The summed E-state index contributed by atoms with van der Waals surface area (Å²) >= 11 is 0. The molecule has 18 heavy (non-hydrogen) atoms. The van der Waals surface area contributed by atoms with Gasteiger partial charge in [-0.2, -0.15) is 5.26 Å². The Hall–Kier alpha value is -2.41. The standard InChI is InChI=1S/C14H11FN2O/c1-9-5-6-17-14(12(9)8-16)18-13-7-11(15)4-3-10(13)2/h3-7H,1-2H3. The molecule has 0 aliphatic rings. The fourth-order valence-corrected chi connectivity index (χ4v) is 1.53. The number of nitriles is 1. The van der Waals surface area contributed by atoms with Crippen LogP contribution in [0, 0.1) is 31.0 Å². The van der Waals surface area contributed by atoms with Gasteiger partial charge >= 0.3 is 0 Å². The fraction of sp³-hybridized carbons (Fsp3) is 0.143. The summed E-state index contributed by atoms with van der Waals surface area (Å²) in [5.74, 6) is 0.178. The van der Waals surface area contributed by atoms with Crippen molar-refractivity contribution in [3.05, 3.63) is 53.0 Å². The van der Waals surface area contributed by atoms with Crippen LogP contribution < -0.4 is 4.74 Å². The van der Waals surface area contributed by atoms with Crippen LogP contribution >= 0.6 is 0 Å². The Kier molecular flexibility index (Phi) is 3.24. The maximum Gasteiger partial charge on any atom is 0.237 e. The first-order valence-corrected chi connectivity index (χ1v) is 5.41. The van der Waals surface area contributed by atoms with Crippen molar-refractivity contribution < 1.29 is 9.13 Å². The lowest BCUT2D eigenvalue weighted by atomic mass is 10.1. The summed E-state index contributed by atoms with van der Waals surface area (Å²) in [5, 5.41) is 9.06. The van der Waals surface area contributed by atoms with Gasteiger partial charge < -0.3 is 4.74 Å². The monoisotopic (exact) mass is 242 g/mol. The van der Waals surface area contributed by atoms with Gasteiger partial charge in [-0.1, -0.05) is 6.07 Å². The van der Waals surface area contributed by atoms with E-state index in [2.05, 4.69) is 4.98 Å². The number of halogens is 1. The molecule has 1 heterocycles. The van der Waals surface area contributed by atoms with Gasteiger partial charge in [0.15, 0.2) is 0 Å². The average molecular weight is 242 g/mol. The molecule has 2 aromatic rings. The van der Waals surface area contributed by atoms with E-state index in [0.29, 0.717) is 11.3 Å². The molecule has 3 nitrogen and oxygen atoms in total. The second-order valence-electron chi connectivity index (χ2n) is 3.93. The topological polar surface area (TPSA) is 45.9 Å². The molecule has 1 aromatic heterocycles. The minimum absolute atomic E-state index is 0.200. The molecule has 0 bridgehead atoms. The third kappa shape index (κ3) is 2.30. The average Bonchev–Trinajstić information content (AvgIpc) is 2.34. The van der Waals surface area contributed by atoms with E-state index in [0.717, 1.165) is 11.1 Å². The molecule has 0 radical (unpaired) electrons. The van der Waals surface area contributed by atoms with Crippen molar-refractivity contribution in [3.63, 3.8) is 0 Å². The quantitative estimate of drug-likeness (QED) is 0.809. The first kappa shape index (κ1) is 12.1. The maximum absolute atomic E-state index is 13.1. The van der Waals surface area contributed by atoms with E-state index in [1.807, 2.05) is 6.07 Å². The van der Waals surface area contributed by atoms with Crippen molar-refractivity contribution in [2.45, 2.75) is 13.8 Å². The highest BCUT2D eigenvalue weighted by Crippen LogP contribution is 2.27. The number of hydrogen-bond donors (Lipinski definition) is 0. The second-order valence-corrected chi connectivity index (χ2v) is 3.93. The number of hydrogen-bond acceptors (Lipinski definition) is 3. The predicted molar refractivity (Wildman–Crippen MR) is 64.9 cm³/mol. The molecular weight excluding hydrogens is 231 g/mol. The highest BCUT2D eigenvalue weighted by atomic mass is 19.1. The molecule has 0 spiro atoms. The van der Waals surface area contributed by atoms with Crippen molar-refractivity contribution in [2.24, 2.45) is 0 Å². The molecule has 1 aromatic carbocycles. The number of benzene rings is 1. The number of rotatable bonds is 2. The van der Waals surface area contributed by atoms with Gasteiger partial charge in [0.25, 0.3) is 0 Å². The van der Waals surface area contributed by atoms with E-state index >= 15 is 0 Å². The number of pyridine rings is 1. The number of nitrogens with zero attached hydrogens (tertiary/aromatic N) is 2. The first-order chi connectivity index (χ1) is 8.61. The van der Waals surface area contributed by atoms with Crippen molar-refractivity contribution in [3.8, 4) is 17.7 Å². The lowest BCUT2D eigenvalue weighted by Crippen LogP contribution is -1.96. The van der Waals surface area contributed by atoms with E-state index in [1.54, 1.807) is 32.2 Å². The Balaban J connectivity index is 2.44. The summed E-state index contributed by atoms with van der Waals surface area (Å²) < 4.78 is 18.7.